The lowest BCUT2D eigenvalue weighted by molar-refractivity contribution is 0.217. The average Bonchev–Trinajstić information content (AvgIpc) is 2.39. The highest BCUT2D eigenvalue weighted by atomic mass is 35.5. The van der Waals surface area contributed by atoms with Crippen LogP contribution in [0.4, 0.5) is 0 Å². The minimum Gasteiger partial charge on any atom is -0.491 e. The number of benzene rings is 1. The number of hydrogen-bond acceptors (Lipinski definition) is 5. The summed E-state index contributed by atoms with van der Waals surface area (Å²) in [6, 6.07) is 7.18. The summed E-state index contributed by atoms with van der Waals surface area (Å²) in [6.07, 6.45) is 1.11. The number of nitrogens with zero attached hydrogens (tertiary/aromatic N) is 3. The van der Waals surface area contributed by atoms with Crippen LogP contribution in [0.3, 0.4) is 0 Å². The summed E-state index contributed by atoms with van der Waals surface area (Å²) in [6.45, 7) is 4.08. The largest absolute Gasteiger partial charge is 0.491 e. The molecule has 0 saturated heterocycles. The van der Waals surface area contributed by atoms with Crippen LogP contribution in [-0.4, -0.2) is 21.1 Å². The van der Waals surface area contributed by atoms with E-state index in [2.05, 4.69) is 21.9 Å². The molecule has 1 aromatic carbocycles. The fourth-order valence-corrected chi connectivity index (χ4v) is 1.71. The molecule has 2 rings (SSSR count). The molecule has 0 aliphatic heterocycles. The zero-order valence-electron chi connectivity index (χ0n) is 11.0. The molecule has 0 saturated carbocycles. The Bertz CT molecular complexity index is 558. The van der Waals surface area contributed by atoms with E-state index in [1.807, 2.05) is 19.1 Å². The highest BCUT2D eigenvalue weighted by Gasteiger charge is 2.06. The van der Waals surface area contributed by atoms with E-state index in [4.69, 9.17) is 32.7 Å². The number of halogens is 2. The standard InChI is InChI=1S/C13H13Cl2N3O2/c1-3-8(2)19-9-4-6-10(7-5-9)20-13-17-11(14)16-12(15)18-13/h4-8H,3H2,1-2H3. The summed E-state index contributed by atoms with van der Waals surface area (Å²) in [4.78, 5) is 11.3. The average molecular weight is 314 g/mol. The molecule has 0 aliphatic carbocycles. The third kappa shape index (κ3) is 4.21. The van der Waals surface area contributed by atoms with Crippen LogP contribution >= 0.6 is 23.2 Å². The maximum Gasteiger partial charge on any atom is 0.327 e. The summed E-state index contributed by atoms with van der Waals surface area (Å²) in [7, 11) is 0. The Hall–Kier alpha value is -1.59. The highest BCUT2D eigenvalue weighted by Crippen LogP contribution is 2.23. The second-order valence-electron chi connectivity index (χ2n) is 4.07. The second kappa shape index (κ2) is 6.72. The molecule has 0 aliphatic rings. The summed E-state index contributed by atoms with van der Waals surface area (Å²) in [5, 5.41) is -0.0338. The molecule has 1 atom stereocenters. The van der Waals surface area contributed by atoms with Gasteiger partial charge < -0.3 is 9.47 Å². The van der Waals surface area contributed by atoms with Gasteiger partial charge in [-0.15, -0.1) is 0 Å². The molecular formula is C13H13Cl2N3O2. The first-order chi connectivity index (χ1) is 9.56. The van der Waals surface area contributed by atoms with E-state index in [9.17, 15) is 0 Å². The van der Waals surface area contributed by atoms with Crippen LogP contribution in [-0.2, 0) is 0 Å². The van der Waals surface area contributed by atoms with Gasteiger partial charge in [0, 0.05) is 0 Å². The molecule has 0 bridgehead atoms. The molecule has 2 aromatic rings. The normalized spacial score (nSPS) is 12.0. The van der Waals surface area contributed by atoms with Crippen LogP contribution < -0.4 is 9.47 Å². The van der Waals surface area contributed by atoms with Gasteiger partial charge in [0.15, 0.2) is 0 Å². The van der Waals surface area contributed by atoms with Gasteiger partial charge in [-0.05, 0) is 60.8 Å². The van der Waals surface area contributed by atoms with Crippen molar-refractivity contribution in [2.24, 2.45) is 0 Å². The molecule has 0 N–H and O–H groups in total. The molecule has 0 radical (unpaired) electrons. The molecule has 1 aromatic heterocycles. The fourth-order valence-electron chi connectivity index (χ4n) is 1.36. The van der Waals surface area contributed by atoms with Crippen LogP contribution in [0.1, 0.15) is 20.3 Å². The molecule has 1 unspecified atom stereocenters. The second-order valence-corrected chi connectivity index (χ2v) is 4.74. The van der Waals surface area contributed by atoms with E-state index in [1.165, 1.54) is 0 Å². The van der Waals surface area contributed by atoms with Crippen molar-refractivity contribution in [3.8, 4) is 17.5 Å². The first-order valence-electron chi connectivity index (χ1n) is 6.08. The Morgan fingerprint density at radius 3 is 2.10 bits per heavy atom. The molecule has 20 heavy (non-hydrogen) atoms. The summed E-state index contributed by atoms with van der Waals surface area (Å²) in [5.41, 5.74) is 0. The number of aromatic nitrogens is 3. The molecule has 0 spiro atoms. The lowest BCUT2D eigenvalue weighted by Gasteiger charge is -2.12. The quantitative estimate of drug-likeness (QED) is 0.830. The van der Waals surface area contributed by atoms with Crippen LogP contribution in [0.5, 0.6) is 17.5 Å². The van der Waals surface area contributed by atoms with E-state index in [1.54, 1.807) is 12.1 Å². The lowest BCUT2D eigenvalue weighted by Crippen LogP contribution is -2.09. The predicted molar refractivity (Wildman–Crippen MR) is 76.7 cm³/mol. The van der Waals surface area contributed by atoms with E-state index in [-0.39, 0.29) is 22.7 Å². The van der Waals surface area contributed by atoms with Gasteiger partial charge in [-0.3, -0.25) is 0 Å². The smallest absolute Gasteiger partial charge is 0.327 e. The van der Waals surface area contributed by atoms with Crippen molar-refractivity contribution in [2.75, 3.05) is 0 Å². The van der Waals surface area contributed by atoms with Gasteiger partial charge in [-0.2, -0.15) is 15.0 Å². The minimum atomic E-state index is -0.0169. The molecular weight excluding hydrogens is 301 g/mol. The summed E-state index contributed by atoms with van der Waals surface area (Å²) < 4.78 is 11.1. The van der Waals surface area contributed by atoms with Gasteiger partial charge in [0.25, 0.3) is 0 Å². The fraction of sp³-hybridized carbons (Fsp3) is 0.308. The van der Waals surface area contributed by atoms with Crippen LogP contribution in [0.2, 0.25) is 10.6 Å². The van der Waals surface area contributed by atoms with Gasteiger partial charge in [-0.25, -0.2) is 0 Å². The minimum absolute atomic E-state index is 0.0169. The zero-order chi connectivity index (χ0) is 14.5. The molecule has 0 fully saturated rings. The first-order valence-corrected chi connectivity index (χ1v) is 6.84. The van der Waals surface area contributed by atoms with Crippen LogP contribution in [0, 0.1) is 0 Å². The van der Waals surface area contributed by atoms with Crippen molar-refractivity contribution < 1.29 is 9.47 Å². The van der Waals surface area contributed by atoms with Crippen LogP contribution in [0.15, 0.2) is 24.3 Å². The van der Waals surface area contributed by atoms with E-state index < -0.39 is 0 Å². The van der Waals surface area contributed by atoms with Crippen molar-refractivity contribution in [3.63, 3.8) is 0 Å². The first kappa shape index (κ1) is 14.8. The Morgan fingerprint density at radius 1 is 1.00 bits per heavy atom. The Morgan fingerprint density at radius 2 is 1.55 bits per heavy atom. The van der Waals surface area contributed by atoms with Gasteiger partial charge in [0.1, 0.15) is 11.5 Å². The van der Waals surface area contributed by atoms with Gasteiger partial charge in [0.05, 0.1) is 6.10 Å². The number of rotatable bonds is 5. The maximum atomic E-state index is 5.67. The molecule has 5 nitrogen and oxygen atoms in total. The zero-order valence-corrected chi connectivity index (χ0v) is 12.5. The van der Waals surface area contributed by atoms with Crippen molar-refractivity contribution in [1.82, 2.24) is 15.0 Å². The van der Waals surface area contributed by atoms with Gasteiger partial charge >= 0.3 is 6.01 Å². The van der Waals surface area contributed by atoms with E-state index in [0.717, 1.165) is 12.2 Å². The van der Waals surface area contributed by atoms with Gasteiger partial charge in [0.2, 0.25) is 10.6 Å². The Labute approximate surface area is 126 Å². The summed E-state index contributed by atoms with van der Waals surface area (Å²) >= 11 is 11.3. The monoisotopic (exact) mass is 313 g/mol. The Balaban J connectivity index is 2.06. The number of hydrogen-bond donors (Lipinski definition) is 0. The predicted octanol–water partition coefficient (Wildman–Crippen LogP) is 4.15. The molecule has 0 amide bonds. The third-order valence-electron chi connectivity index (χ3n) is 2.51. The van der Waals surface area contributed by atoms with Crippen LogP contribution in [0.25, 0.3) is 0 Å². The van der Waals surface area contributed by atoms with E-state index in [0.29, 0.717) is 5.75 Å². The maximum absolute atomic E-state index is 5.67. The molecule has 7 heteroatoms. The summed E-state index contributed by atoms with van der Waals surface area (Å²) in [5.74, 6) is 1.33. The highest BCUT2D eigenvalue weighted by molar-refractivity contribution is 6.31. The molecule has 106 valence electrons. The van der Waals surface area contributed by atoms with Crippen molar-refractivity contribution in [3.05, 3.63) is 34.8 Å². The van der Waals surface area contributed by atoms with E-state index >= 15 is 0 Å². The lowest BCUT2D eigenvalue weighted by atomic mass is 10.3. The molecule has 1 heterocycles. The van der Waals surface area contributed by atoms with Gasteiger partial charge in [-0.1, -0.05) is 6.92 Å². The topological polar surface area (TPSA) is 57.1 Å². The van der Waals surface area contributed by atoms with Crippen molar-refractivity contribution in [1.29, 1.82) is 0 Å². The van der Waals surface area contributed by atoms with Crippen molar-refractivity contribution in [2.45, 2.75) is 26.4 Å². The SMILES string of the molecule is CCC(C)Oc1ccc(Oc2nc(Cl)nc(Cl)n2)cc1. The Kier molecular flexibility index (Phi) is 4.98. The third-order valence-corrected chi connectivity index (χ3v) is 2.84. The number of ether oxygens (including phenoxy) is 2. The van der Waals surface area contributed by atoms with Crippen molar-refractivity contribution >= 4 is 23.2 Å².